The highest BCUT2D eigenvalue weighted by Gasteiger charge is 2.12. The molecule has 0 atom stereocenters. The van der Waals surface area contributed by atoms with Crippen LogP contribution < -0.4 is 9.44 Å². The number of hydrogen-bond donors (Lipinski definition) is 2. The topological polar surface area (TPSA) is 106 Å². The fourth-order valence-corrected chi connectivity index (χ4v) is 2.41. The normalized spacial score (nSPS) is 10.7. The molecule has 0 heterocycles. The summed E-state index contributed by atoms with van der Waals surface area (Å²) in [5, 5.41) is 17.6. The molecule has 0 saturated carbocycles. The predicted octanol–water partition coefficient (Wildman–Crippen LogP) is 1.08. The maximum atomic E-state index is 11.6. The third-order valence-corrected chi connectivity index (χ3v) is 3.19. The molecular weight excluding hydrogens is 252 g/mol. The Morgan fingerprint density at radius 3 is 2.28 bits per heavy atom. The second-order valence-corrected chi connectivity index (χ2v) is 5.31. The predicted molar refractivity (Wildman–Crippen MR) is 66.7 cm³/mol. The smallest absolute Gasteiger partial charge is 0.271 e. The van der Waals surface area contributed by atoms with Gasteiger partial charge in [0.15, 0.2) is 0 Å². The number of rotatable bonds is 4. The van der Waals surface area contributed by atoms with Gasteiger partial charge >= 0.3 is 0 Å². The number of benzene rings is 1. The molecule has 0 spiro atoms. The molecule has 0 aliphatic carbocycles. The maximum Gasteiger partial charge on any atom is 0.299 e. The number of anilines is 1. The van der Waals surface area contributed by atoms with Crippen molar-refractivity contribution in [2.75, 3.05) is 4.72 Å². The average molecular weight is 264 g/mol. The summed E-state index contributed by atoms with van der Waals surface area (Å²) in [6.45, 7) is 3.39. The van der Waals surface area contributed by atoms with Crippen LogP contribution in [0.4, 0.5) is 5.69 Å². The Morgan fingerprint density at radius 2 is 1.78 bits per heavy atom. The van der Waals surface area contributed by atoms with Crippen molar-refractivity contribution in [3.8, 4) is 12.1 Å². The van der Waals surface area contributed by atoms with Gasteiger partial charge in [-0.3, -0.25) is 4.72 Å². The van der Waals surface area contributed by atoms with Gasteiger partial charge < -0.3 is 0 Å². The first-order valence-electron chi connectivity index (χ1n) is 5.12. The van der Waals surface area contributed by atoms with E-state index in [2.05, 4.69) is 9.44 Å². The minimum absolute atomic E-state index is 0.127. The summed E-state index contributed by atoms with van der Waals surface area (Å²) in [5.74, 6) is 0. The van der Waals surface area contributed by atoms with Crippen LogP contribution in [0.15, 0.2) is 18.2 Å². The molecule has 0 saturated heterocycles. The van der Waals surface area contributed by atoms with E-state index in [1.54, 1.807) is 13.8 Å². The average Bonchev–Trinajstić information content (AvgIpc) is 2.26. The van der Waals surface area contributed by atoms with Gasteiger partial charge in [-0.1, -0.05) is 0 Å². The van der Waals surface area contributed by atoms with Gasteiger partial charge in [0.25, 0.3) is 10.2 Å². The highest BCUT2D eigenvalue weighted by molar-refractivity contribution is 7.90. The Morgan fingerprint density at radius 1 is 1.17 bits per heavy atom. The molecular formula is C11H12N4O2S. The van der Waals surface area contributed by atoms with Gasteiger partial charge in [0, 0.05) is 6.04 Å². The molecule has 1 rings (SSSR count). The van der Waals surface area contributed by atoms with Gasteiger partial charge in [-0.2, -0.15) is 23.7 Å². The Balaban J connectivity index is 3.01. The summed E-state index contributed by atoms with van der Waals surface area (Å²) >= 11 is 0. The van der Waals surface area contributed by atoms with Crippen LogP contribution in [0.1, 0.15) is 25.0 Å². The first-order valence-corrected chi connectivity index (χ1v) is 6.60. The van der Waals surface area contributed by atoms with Crippen molar-refractivity contribution in [2.24, 2.45) is 0 Å². The van der Waals surface area contributed by atoms with E-state index in [1.165, 1.54) is 18.2 Å². The summed E-state index contributed by atoms with van der Waals surface area (Å²) in [6, 6.07) is 7.59. The van der Waals surface area contributed by atoms with Crippen LogP contribution in [0.2, 0.25) is 0 Å². The van der Waals surface area contributed by atoms with E-state index in [0.717, 1.165) is 0 Å². The minimum atomic E-state index is -3.67. The Kier molecular flexibility index (Phi) is 4.27. The van der Waals surface area contributed by atoms with Crippen molar-refractivity contribution in [1.82, 2.24) is 4.72 Å². The fourth-order valence-electron chi connectivity index (χ4n) is 1.29. The van der Waals surface area contributed by atoms with Crippen LogP contribution >= 0.6 is 0 Å². The van der Waals surface area contributed by atoms with Crippen molar-refractivity contribution in [3.63, 3.8) is 0 Å². The van der Waals surface area contributed by atoms with E-state index >= 15 is 0 Å². The number of nitrogens with zero attached hydrogens (tertiary/aromatic N) is 2. The number of nitriles is 2. The molecule has 18 heavy (non-hydrogen) atoms. The Hall–Kier alpha value is -2.09. The molecule has 94 valence electrons. The van der Waals surface area contributed by atoms with Gasteiger partial charge in [0.2, 0.25) is 0 Å². The quantitative estimate of drug-likeness (QED) is 0.848. The van der Waals surface area contributed by atoms with E-state index in [4.69, 9.17) is 10.5 Å². The number of nitrogens with one attached hydrogen (secondary N) is 2. The summed E-state index contributed by atoms with van der Waals surface area (Å²) in [7, 11) is -3.67. The van der Waals surface area contributed by atoms with Gasteiger partial charge in [0.1, 0.15) is 12.1 Å². The molecule has 0 aromatic heterocycles. The lowest BCUT2D eigenvalue weighted by Crippen LogP contribution is -2.35. The standard InChI is InChI=1S/C11H12N4O2S/c1-8(2)14-18(16,17)15-11-4-3-9(6-12)10(5-11)7-13/h3-5,8,14-15H,1-2H3. The lowest BCUT2D eigenvalue weighted by atomic mass is 10.1. The molecule has 0 aliphatic rings. The van der Waals surface area contributed by atoms with Gasteiger partial charge in [-0.25, -0.2) is 0 Å². The summed E-state index contributed by atoms with van der Waals surface area (Å²) in [4.78, 5) is 0. The lowest BCUT2D eigenvalue weighted by Gasteiger charge is -2.11. The van der Waals surface area contributed by atoms with Crippen LogP contribution in [0.3, 0.4) is 0 Å². The van der Waals surface area contributed by atoms with E-state index in [9.17, 15) is 8.42 Å². The summed E-state index contributed by atoms with van der Waals surface area (Å²) in [6.07, 6.45) is 0. The second kappa shape index (κ2) is 5.50. The first kappa shape index (κ1) is 14.0. The maximum absolute atomic E-state index is 11.6. The zero-order chi connectivity index (χ0) is 13.8. The first-order chi connectivity index (χ1) is 8.38. The van der Waals surface area contributed by atoms with Crippen molar-refractivity contribution in [2.45, 2.75) is 19.9 Å². The highest BCUT2D eigenvalue weighted by atomic mass is 32.2. The highest BCUT2D eigenvalue weighted by Crippen LogP contribution is 2.15. The van der Waals surface area contributed by atoms with Crippen molar-refractivity contribution >= 4 is 15.9 Å². The summed E-state index contributed by atoms with van der Waals surface area (Å²) < 4.78 is 27.8. The third-order valence-electron chi connectivity index (χ3n) is 1.90. The SMILES string of the molecule is CC(C)NS(=O)(=O)Nc1ccc(C#N)c(C#N)c1. The minimum Gasteiger partial charge on any atom is -0.271 e. The molecule has 0 bridgehead atoms. The molecule has 0 amide bonds. The molecule has 6 nitrogen and oxygen atoms in total. The Bertz CT molecular complexity index is 623. The zero-order valence-corrected chi connectivity index (χ0v) is 10.7. The molecule has 7 heteroatoms. The van der Waals surface area contributed by atoms with Gasteiger partial charge in [-0.15, -0.1) is 0 Å². The monoisotopic (exact) mass is 264 g/mol. The van der Waals surface area contributed by atoms with E-state index in [0.29, 0.717) is 0 Å². The van der Waals surface area contributed by atoms with Gasteiger partial charge in [-0.05, 0) is 32.0 Å². The molecule has 0 radical (unpaired) electrons. The fraction of sp³-hybridized carbons (Fsp3) is 0.273. The molecule has 0 aliphatic heterocycles. The van der Waals surface area contributed by atoms with Crippen molar-refractivity contribution < 1.29 is 8.42 Å². The van der Waals surface area contributed by atoms with E-state index < -0.39 is 10.2 Å². The van der Waals surface area contributed by atoms with Crippen LogP contribution in [0, 0.1) is 22.7 Å². The zero-order valence-electron chi connectivity index (χ0n) is 9.93. The lowest BCUT2D eigenvalue weighted by molar-refractivity contribution is 0.575. The number of hydrogen-bond acceptors (Lipinski definition) is 4. The second-order valence-electron chi connectivity index (χ2n) is 3.86. The van der Waals surface area contributed by atoms with Crippen LogP contribution in [-0.2, 0) is 10.2 Å². The van der Waals surface area contributed by atoms with Crippen LogP contribution in [0.5, 0.6) is 0 Å². The molecule has 1 aromatic carbocycles. The van der Waals surface area contributed by atoms with Crippen LogP contribution in [-0.4, -0.2) is 14.5 Å². The van der Waals surface area contributed by atoms with Gasteiger partial charge in [0.05, 0.1) is 16.8 Å². The largest absolute Gasteiger partial charge is 0.299 e. The molecule has 0 unspecified atom stereocenters. The summed E-state index contributed by atoms with van der Waals surface area (Å²) in [5.41, 5.74) is 0.568. The van der Waals surface area contributed by atoms with Crippen LogP contribution in [0.25, 0.3) is 0 Å². The van der Waals surface area contributed by atoms with Crippen molar-refractivity contribution in [1.29, 1.82) is 10.5 Å². The molecule has 0 fully saturated rings. The third kappa shape index (κ3) is 3.74. The van der Waals surface area contributed by atoms with E-state index in [1.807, 2.05) is 12.1 Å². The molecule has 2 N–H and O–H groups in total. The van der Waals surface area contributed by atoms with Crippen molar-refractivity contribution in [3.05, 3.63) is 29.3 Å². The Labute approximate surface area is 106 Å². The molecule has 1 aromatic rings. The van der Waals surface area contributed by atoms with E-state index in [-0.39, 0.29) is 22.9 Å².